The molecule has 0 radical (unpaired) electrons. The van der Waals surface area contributed by atoms with Crippen LogP contribution in [0.5, 0.6) is 17.2 Å². The highest BCUT2D eigenvalue weighted by Crippen LogP contribution is 2.41. The molecule has 0 saturated carbocycles. The van der Waals surface area contributed by atoms with Crippen molar-refractivity contribution in [1.82, 2.24) is 0 Å². The van der Waals surface area contributed by atoms with E-state index in [-0.39, 0.29) is 0 Å². The van der Waals surface area contributed by atoms with E-state index in [0.29, 0.717) is 22.9 Å². The van der Waals surface area contributed by atoms with Crippen molar-refractivity contribution in [3.8, 4) is 17.2 Å². The number of benzene rings is 2. The maximum Gasteiger partial charge on any atom is 0.203 e. The lowest BCUT2D eigenvalue weighted by Crippen LogP contribution is -1.94. The Hall–Kier alpha value is -2.56. The first-order chi connectivity index (χ1) is 10.2. The van der Waals surface area contributed by atoms with Gasteiger partial charge < -0.3 is 14.2 Å². The lowest BCUT2D eigenvalue weighted by atomic mass is 10.2. The van der Waals surface area contributed by atoms with Crippen molar-refractivity contribution in [2.24, 2.45) is 10.2 Å². The van der Waals surface area contributed by atoms with Crippen LogP contribution in [0.2, 0.25) is 0 Å². The van der Waals surface area contributed by atoms with Crippen molar-refractivity contribution in [3.63, 3.8) is 0 Å². The molecule has 21 heavy (non-hydrogen) atoms. The molecule has 0 aliphatic carbocycles. The van der Waals surface area contributed by atoms with E-state index >= 15 is 0 Å². The van der Waals surface area contributed by atoms with E-state index in [1.807, 2.05) is 31.2 Å². The van der Waals surface area contributed by atoms with Crippen LogP contribution in [0.25, 0.3) is 0 Å². The lowest BCUT2D eigenvalue weighted by Gasteiger charge is -2.12. The van der Waals surface area contributed by atoms with Gasteiger partial charge in [0, 0.05) is 12.1 Å². The maximum absolute atomic E-state index is 5.28. The van der Waals surface area contributed by atoms with Gasteiger partial charge in [0.1, 0.15) is 0 Å². The number of nitrogens with zero attached hydrogens (tertiary/aromatic N) is 2. The van der Waals surface area contributed by atoms with E-state index in [9.17, 15) is 0 Å². The van der Waals surface area contributed by atoms with Crippen LogP contribution in [-0.4, -0.2) is 21.3 Å². The molecule has 0 atom stereocenters. The zero-order valence-corrected chi connectivity index (χ0v) is 12.6. The molecule has 0 saturated heterocycles. The van der Waals surface area contributed by atoms with E-state index in [4.69, 9.17) is 14.2 Å². The Balaban J connectivity index is 2.33. The van der Waals surface area contributed by atoms with Crippen LogP contribution in [0.15, 0.2) is 46.6 Å². The summed E-state index contributed by atoms with van der Waals surface area (Å²) in [5.74, 6) is 1.64. The third-order valence-corrected chi connectivity index (χ3v) is 2.96. The maximum atomic E-state index is 5.28. The molecule has 0 aromatic heterocycles. The van der Waals surface area contributed by atoms with E-state index in [2.05, 4.69) is 10.2 Å². The predicted octanol–water partition coefficient (Wildman–Crippen LogP) is 4.44. The molecule has 0 bridgehead atoms. The van der Waals surface area contributed by atoms with E-state index in [1.165, 1.54) is 5.56 Å². The normalized spacial score (nSPS) is 10.7. The molecule has 0 unspecified atom stereocenters. The molecule has 0 fully saturated rings. The van der Waals surface area contributed by atoms with Gasteiger partial charge in [-0.1, -0.05) is 17.7 Å². The molecule has 0 N–H and O–H groups in total. The van der Waals surface area contributed by atoms with Gasteiger partial charge in [0.05, 0.1) is 32.7 Å². The van der Waals surface area contributed by atoms with Gasteiger partial charge in [-0.3, -0.25) is 0 Å². The van der Waals surface area contributed by atoms with Gasteiger partial charge in [-0.15, -0.1) is 0 Å². The van der Waals surface area contributed by atoms with Crippen LogP contribution in [0.3, 0.4) is 0 Å². The fourth-order valence-electron chi connectivity index (χ4n) is 1.85. The topological polar surface area (TPSA) is 52.4 Å². The Labute approximate surface area is 124 Å². The number of hydrogen-bond acceptors (Lipinski definition) is 5. The molecule has 0 aliphatic heterocycles. The first-order valence-electron chi connectivity index (χ1n) is 6.46. The van der Waals surface area contributed by atoms with Gasteiger partial charge in [-0.2, -0.15) is 10.2 Å². The number of azo groups is 1. The third kappa shape index (κ3) is 3.51. The van der Waals surface area contributed by atoms with Gasteiger partial charge in [-0.25, -0.2) is 0 Å². The molecule has 2 aromatic rings. The fraction of sp³-hybridized carbons (Fsp3) is 0.250. The zero-order chi connectivity index (χ0) is 15.2. The van der Waals surface area contributed by atoms with Crippen LogP contribution in [0.1, 0.15) is 5.56 Å². The summed E-state index contributed by atoms with van der Waals surface area (Å²) in [6.07, 6.45) is 0. The van der Waals surface area contributed by atoms with Crippen molar-refractivity contribution in [3.05, 3.63) is 42.0 Å². The zero-order valence-electron chi connectivity index (χ0n) is 12.6. The highest BCUT2D eigenvalue weighted by molar-refractivity contribution is 5.60. The summed E-state index contributed by atoms with van der Waals surface area (Å²) in [4.78, 5) is 0. The molecule has 2 rings (SSSR count). The molecular formula is C16H18N2O3. The molecule has 0 spiro atoms. The number of ether oxygens (including phenoxy) is 3. The van der Waals surface area contributed by atoms with Gasteiger partial charge >= 0.3 is 0 Å². The van der Waals surface area contributed by atoms with Gasteiger partial charge in [0.25, 0.3) is 0 Å². The number of aryl methyl sites for hydroxylation is 1. The van der Waals surface area contributed by atoms with Crippen LogP contribution < -0.4 is 14.2 Å². The lowest BCUT2D eigenvalue weighted by molar-refractivity contribution is 0.324. The molecular weight excluding hydrogens is 268 g/mol. The van der Waals surface area contributed by atoms with Crippen molar-refractivity contribution < 1.29 is 14.2 Å². The summed E-state index contributed by atoms with van der Waals surface area (Å²) in [5.41, 5.74) is 2.60. The first kappa shape index (κ1) is 14.8. The van der Waals surface area contributed by atoms with E-state index in [0.717, 1.165) is 5.69 Å². The second-order valence-corrected chi connectivity index (χ2v) is 4.42. The minimum absolute atomic E-state index is 0.536. The van der Waals surface area contributed by atoms with E-state index in [1.54, 1.807) is 33.5 Å². The van der Waals surface area contributed by atoms with Crippen molar-refractivity contribution in [2.45, 2.75) is 6.92 Å². The van der Waals surface area contributed by atoms with Gasteiger partial charge in [-0.05, 0) is 19.1 Å². The molecule has 0 amide bonds. The standard InChI is InChI=1S/C16H18N2O3/c1-11-5-7-12(8-6-11)17-18-13-9-14(19-2)16(21-4)15(10-13)20-3/h5-10H,1-4H3. The van der Waals surface area contributed by atoms with Crippen LogP contribution >= 0.6 is 0 Å². The Morgan fingerprint density at radius 3 is 1.71 bits per heavy atom. The monoisotopic (exact) mass is 286 g/mol. The summed E-state index contributed by atoms with van der Waals surface area (Å²) in [6.45, 7) is 2.03. The van der Waals surface area contributed by atoms with Gasteiger partial charge in [0.2, 0.25) is 5.75 Å². The highest BCUT2D eigenvalue weighted by Gasteiger charge is 2.12. The Kier molecular flexibility index (Phi) is 4.77. The fourth-order valence-corrected chi connectivity index (χ4v) is 1.85. The molecule has 110 valence electrons. The van der Waals surface area contributed by atoms with Crippen molar-refractivity contribution in [2.75, 3.05) is 21.3 Å². The molecule has 0 aliphatic rings. The summed E-state index contributed by atoms with van der Waals surface area (Å²) in [5, 5.41) is 8.41. The van der Waals surface area contributed by atoms with Crippen LogP contribution in [-0.2, 0) is 0 Å². The smallest absolute Gasteiger partial charge is 0.203 e. The summed E-state index contributed by atoms with van der Waals surface area (Å²) in [7, 11) is 4.70. The Morgan fingerprint density at radius 2 is 1.24 bits per heavy atom. The first-order valence-corrected chi connectivity index (χ1v) is 6.46. The second kappa shape index (κ2) is 6.74. The molecule has 5 heteroatoms. The molecule has 5 nitrogen and oxygen atoms in total. The van der Waals surface area contributed by atoms with E-state index < -0.39 is 0 Å². The average molecular weight is 286 g/mol. The minimum atomic E-state index is 0.536. The van der Waals surface area contributed by atoms with Crippen LogP contribution in [0.4, 0.5) is 11.4 Å². The van der Waals surface area contributed by atoms with Gasteiger partial charge in [0.15, 0.2) is 11.5 Å². The average Bonchev–Trinajstić information content (AvgIpc) is 2.53. The third-order valence-electron chi connectivity index (χ3n) is 2.96. The number of hydrogen-bond donors (Lipinski definition) is 0. The second-order valence-electron chi connectivity index (χ2n) is 4.42. The highest BCUT2D eigenvalue weighted by atomic mass is 16.5. The van der Waals surface area contributed by atoms with Crippen molar-refractivity contribution >= 4 is 11.4 Å². The predicted molar refractivity (Wildman–Crippen MR) is 81.5 cm³/mol. The minimum Gasteiger partial charge on any atom is -0.493 e. The Morgan fingerprint density at radius 1 is 0.714 bits per heavy atom. The number of rotatable bonds is 5. The SMILES string of the molecule is COc1cc(N=Nc2ccc(C)cc2)cc(OC)c1OC. The van der Waals surface area contributed by atoms with Crippen LogP contribution in [0, 0.1) is 6.92 Å². The molecule has 2 aromatic carbocycles. The summed E-state index contributed by atoms with van der Waals surface area (Å²) < 4.78 is 15.8. The largest absolute Gasteiger partial charge is 0.493 e. The number of methoxy groups -OCH3 is 3. The molecule has 0 heterocycles. The Bertz CT molecular complexity index is 611. The quantitative estimate of drug-likeness (QED) is 0.764. The summed E-state index contributed by atoms with van der Waals surface area (Å²) in [6, 6.07) is 11.3. The summed E-state index contributed by atoms with van der Waals surface area (Å²) >= 11 is 0. The van der Waals surface area contributed by atoms with Crippen molar-refractivity contribution in [1.29, 1.82) is 0 Å².